The molecule has 0 bridgehead atoms. The van der Waals surface area contributed by atoms with Crippen LogP contribution in [-0.4, -0.2) is 13.1 Å². The monoisotopic (exact) mass is 277 g/mol. The van der Waals surface area contributed by atoms with Gasteiger partial charge in [0.25, 0.3) is 0 Å². The number of fused-ring (bicyclic) bond motifs is 1. The number of carbonyl (C=O) groups is 1. The normalized spacial score (nSPS) is 15.3. The van der Waals surface area contributed by atoms with Crippen LogP contribution >= 0.6 is 11.3 Å². The molecule has 0 aromatic carbocycles. The van der Waals surface area contributed by atoms with Crippen molar-refractivity contribution in [3.05, 3.63) is 45.0 Å². The molecule has 4 nitrogen and oxygen atoms in total. The number of methoxy groups -OCH3 is 1. The quantitative estimate of drug-likeness (QED) is 0.876. The van der Waals surface area contributed by atoms with Crippen LogP contribution in [0.2, 0.25) is 0 Å². The fourth-order valence-corrected chi connectivity index (χ4v) is 3.64. The molecule has 2 heterocycles. The van der Waals surface area contributed by atoms with Crippen molar-refractivity contribution >= 4 is 17.3 Å². The third-order valence-electron chi connectivity index (χ3n) is 3.39. The number of thiophene rings is 1. The standard InChI is InChI=1S/C14H15NO3S/c1-17-14(16)10-6-5-9(18-10)13(15)12-7-8-3-2-4-11(8)19-12/h5-7,13H,2-4,15H2,1H3. The predicted octanol–water partition coefficient (Wildman–Crippen LogP) is 2.66. The molecule has 0 spiro atoms. The molecule has 0 amide bonds. The van der Waals surface area contributed by atoms with Crippen molar-refractivity contribution in [1.82, 2.24) is 0 Å². The molecule has 0 saturated carbocycles. The topological polar surface area (TPSA) is 65.5 Å². The molecule has 19 heavy (non-hydrogen) atoms. The van der Waals surface area contributed by atoms with Crippen molar-refractivity contribution in [3.63, 3.8) is 0 Å². The van der Waals surface area contributed by atoms with Crippen LogP contribution in [0.3, 0.4) is 0 Å². The number of nitrogens with two attached hydrogens (primary N) is 1. The van der Waals surface area contributed by atoms with Gasteiger partial charge in [-0.25, -0.2) is 4.79 Å². The van der Waals surface area contributed by atoms with Crippen molar-refractivity contribution in [2.24, 2.45) is 5.73 Å². The van der Waals surface area contributed by atoms with E-state index in [9.17, 15) is 4.79 Å². The number of hydrogen-bond donors (Lipinski definition) is 1. The van der Waals surface area contributed by atoms with Gasteiger partial charge in [-0.3, -0.25) is 0 Å². The van der Waals surface area contributed by atoms with Gasteiger partial charge in [-0.15, -0.1) is 11.3 Å². The SMILES string of the molecule is COC(=O)c1ccc(C(N)c2cc3c(s2)CCC3)o1. The molecule has 0 fully saturated rings. The smallest absolute Gasteiger partial charge is 0.373 e. The molecular weight excluding hydrogens is 262 g/mol. The Hall–Kier alpha value is -1.59. The van der Waals surface area contributed by atoms with E-state index in [2.05, 4.69) is 10.8 Å². The predicted molar refractivity (Wildman–Crippen MR) is 72.4 cm³/mol. The number of esters is 1. The minimum atomic E-state index is -0.480. The summed E-state index contributed by atoms with van der Waals surface area (Å²) in [7, 11) is 1.33. The van der Waals surface area contributed by atoms with Crippen molar-refractivity contribution in [2.75, 3.05) is 7.11 Å². The zero-order valence-electron chi connectivity index (χ0n) is 10.6. The van der Waals surface area contributed by atoms with Crippen LogP contribution in [0.1, 0.15) is 44.1 Å². The summed E-state index contributed by atoms with van der Waals surface area (Å²) in [6.07, 6.45) is 3.53. The first kappa shape index (κ1) is 12.4. The van der Waals surface area contributed by atoms with Crippen molar-refractivity contribution in [2.45, 2.75) is 25.3 Å². The molecule has 1 aliphatic carbocycles. The van der Waals surface area contributed by atoms with E-state index in [0.29, 0.717) is 5.76 Å². The highest BCUT2D eigenvalue weighted by Crippen LogP contribution is 2.35. The molecule has 0 radical (unpaired) electrons. The van der Waals surface area contributed by atoms with E-state index in [1.807, 2.05) is 0 Å². The second kappa shape index (κ2) is 4.83. The maximum atomic E-state index is 11.3. The number of rotatable bonds is 3. The average molecular weight is 277 g/mol. The lowest BCUT2D eigenvalue weighted by atomic mass is 10.1. The summed E-state index contributed by atoms with van der Waals surface area (Å²) in [6.45, 7) is 0. The highest BCUT2D eigenvalue weighted by Gasteiger charge is 2.22. The third kappa shape index (κ3) is 2.19. The van der Waals surface area contributed by atoms with E-state index in [1.165, 1.54) is 24.0 Å². The summed E-state index contributed by atoms with van der Waals surface area (Å²) in [4.78, 5) is 13.9. The van der Waals surface area contributed by atoms with Crippen LogP contribution in [0, 0.1) is 0 Å². The lowest BCUT2D eigenvalue weighted by molar-refractivity contribution is 0.0563. The van der Waals surface area contributed by atoms with Crippen LogP contribution in [0.25, 0.3) is 0 Å². The molecule has 0 aliphatic heterocycles. The summed E-state index contributed by atoms with van der Waals surface area (Å²) in [5.41, 5.74) is 7.61. The molecule has 2 aromatic rings. The number of ether oxygens (including phenoxy) is 1. The van der Waals surface area contributed by atoms with E-state index in [1.54, 1.807) is 23.5 Å². The summed E-state index contributed by atoms with van der Waals surface area (Å²) in [5.74, 6) is 0.310. The zero-order chi connectivity index (χ0) is 13.4. The largest absolute Gasteiger partial charge is 0.463 e. The number of furan rings is 1. The summed E-state index contributed by atoms with van der Waals surface area (Å²) in [5, 5.41) is 0. The summed E-state index contributed by atoms with van der Waals surface area (Å²) < 4.78 is 10.1. The van der Waals surface area contributed by atoms with Gasteiger partial charge in [0.15, 0.2) is 0 Å². The lowest BCUT2D eigenvalue weighted by Gasteiger charge is -2.05. The lowest BCUT2D eigenvalue weighted by Crippen LogP contribution is -2.09. The summed E-state index contributed by atoms with van der Waals surface area (Å²) >= 11 is 1.75. The second-order valence-electron chi connectivity index (χ2n) is 4.62. The number of aryl methyl sites for hydroxylation is 2. The van der Waals surface area contributed by atoms with Gasteiger partial charge in [0.1, 0.15) is 5.76 Å². The molecule has 1 aliphatic rings. The van der Waals surface area contributed by atoms with Gasteiger partial charge in [0.2, 0.25) is 5.76 Å². The Morgan fingerprint density at radius 1 is 1.47 bits per heavy atom. The van der Waals surface area contributed by atoms with Gasteiger partial charge in [0, 0.05) is 9.75 Å². The maximum absolute atomic E-state index is 11.3. The fourth-order valence-electron chi connectivity index (χ4n) is 2.38. The zero-order valence-corrected chi connectivity index (χ0v) is 11.5. The van der Waals surface area contributed by atoms with Crippen molar-refractivity contribution in [3.8, 4) is 0 Å². The van der Waals surface area contributed by atoms with Gasteiger partial charge in [0.05, 0.1) is 13.2 Å². The molecule has 0 saturated heterocycles. The Labute approximate surface area is 115 Å². The molecular formula is C14H15NO3S. The number of hydrogen-bond acceptors (Lipinski definition) is 5. The van der Waals surface area contributed by atoms with Gasteiger partial charge in [-0.1, -0.05) is 0 Å². The van der Waals surface area contributed by atoms with E-state index in [-0.39, 0.29) is 11.8 Å². The molecule has 2 aromatic heterocycles. The Morgan fingerprint density at radius 3 is 3.05 bits per heavy atom. The highest BCUT2D eigenvalue weighted by molar-refractivity contribution is 7.12. The summed E-state index contributed by atoms with van der Waals surface area (Å²) in [6, 6.07) is 5.19. The van der Waals surface area contributed by atoms with E-state index < -0.39 is 5.97 Å². The third-order valence-corrected chi connectivity index (χ3v) is 4.71. The molecule has 100 valence electrons. The average Bonchev–Trinajstić information content (AvgIpc) is 3.10. The second-order valence-corrected chi connectivity index (χ2v) is 5.79. The minimum Gasteiger partial charge on any atom is -0.463 e. The molecule has 1 atom stereocenters. The van der Waals surface area contributed by atoms with Crippen LogP contribution in [0.5, 0.6) is 0 Å². The van der Waals surface area contributed by atoms with E-state index in [0.717, 1.165) is 17.7 Å². The van der Waals surface area contributed by atoms with Crippen LogP contribution in [-0.2, 0) is 17.6 Å². The highest BCUT2D eigenvalue weighted by atomic mass is 32.1. The Balaban J connectivity index is 1.84. The van der Waals surface area contributed by atoms with E-state index >= 15 is 0 Å². The van der Waals surface area contributed by atoms with Gasteiger partial charge >= 0.3 is 5.97 Å². The minimum absolute atomic E-state index is 0.192. The van der Waals surface area contributed by atoms with Gasteiger partial charge in [-0.05, 0) is 43.0 Å². The molecule has 2 N–H and O–H groups in total. The van der Waals surface area contributed by atoms with Crippen LogP contribution in [0.15, 0.2) is 22.6 Å². The first-order chi connectivity index (χ1) is 9.19. The molecule has 1 unspecified atom stereocenters. The first-order valence-corrected chi connectivity index (χ1v) is 7.06. The maximum Gasteiger partial charge on any atom is 0.373 e. The first-order valence-electron chi connectivity index (χ1n) is 6.24. The van der Waals surface area contributed by atoms with Crippen molar-refractivity contribution in [1.29, 1.82) is 0 Å². The molecule has 3 rings (SSSR count). The van der Waals surface area contributed by atoms with Crippen LogP contribution in [0.4, 0.5) is 0 Å². The van der Waals surface area contributed by atoms with Gasteiger partial charge < -0.3 is 14.9 Å². The number of carbonyl (C=O) groups excluding carboxylic acids is 1. The van der Waals surface area contributed by atoms with Gasteiger partial charge in [-0.2, -0.15) is 0 Å². The fraction of sp³-hybridized carbons (Fsp3) is 0.357. The molecule has 5 heteroatoms. The Kier molecular flexibility index (Phi) is 3.16. The van der Waals surface area contributed by atoms with E-state index in [4.69, 9.17) is 10.2 Å². The Morgan fingerprint density at radius 2 is 2.32 bits per heavy atom. The van der Waals surface area contributed by atoms with Crippen molar-refractivity contribution < 1.29 is 13.9 Å². The Bertz CT molecular complexity index is 592. The van der Waals surface area contributed by atoms with Crippen LogP contribution < -0.4 is 5.73 Å².